The van der Waals surface area contributed by atoms with Gasteiger partial charge in [0.2, 0.25) is 55.4 Å². The smallest absolute Gasteiger partial charge is 0.306 e. The maximum Gasteiger partial charge on any atom is 0.306 e. The van der Waals surface area contributed by atoms with Crippen LogP contribution in [0.25, 0.3) is 44.1 Å². The van der Waals surface area contributed by atoms with E-state index in [-0.39, 0.29) is 134 Å². The molecule has 6 aromatic rings. The Hall–Kier alpha value is -9.70. The van der Waals surface area contributed by atoms with E-state index in [1.54, 1.807) is 64.5 Å². The van der Waals surface area contributed by atoms with Gasteiger partial charge in [-0.1, -0.05) is 52.0 Å². The topological polar surface area (TPSA) is 317 Å². The fraction of sp³-hybridized carbons (Fsp3) is 0.571. The number of nitrogens with zero attached hydrogens (tertiary/aromatic N) is 4. The van der Waals surface area contributed by atoms with E-state index in [0.29, 0.717) is 133 Å². The Bertz CT molecular complexity index is 5230. The average molecular weight is 1770 g/mol. The molecule has 28 heteroatoms. The Labute approximate surface area is 735 Å². The number of carbonyl (C=O) groups excluding carboxylic acids is 8. The van der Waals surface area contributed by atoms with Crippen molar-refractivity contribution in [2.45, 2.75) is 242 Å². The molecule has 4 amide bonds. The van der Waals surface area contributed by atoms with Gasteiger partial charge in [0.15, 0.2) is 11.6 Å². The third-order valence-corrected chi connectivity index (χ3v) is 34.5. The number of pyridine rings is 2. The lowest BCUT2D eigenvalue weighted by Crippen LogP contribution is -2.48. The van der Waals surface area contributed by atoms with Gasteiger partial charge >= 0.3 is 11.9 Å². The number of fused-ring (bicyclic) bond motifs is 8. The van der Waals surface area contributed by atoms with Crippen molar-refractivity contribution in [1.82, 2.24) is 29.2 Å². The predicted molar refractivity (Wildman–Crippen MR) is 466 cm³/mol. The zero-order chi connectivity index (χ0) is 88.8. The van der Waals surface area contributed by atoms with Crippen molar-refractivity contribution in [3.63, 3.8) is 0 Å². The van der Waals surface area contributed by atoms with Crippen LogP contribution >= 0.6 is 0 Å². The first-order valence-electron chi connectivity index (χ1n) is 45.4. The summed E-state index contributed by atoms with van der Waals surface area (Å²) in [6, 6.07) is 24.5. The predicted octanol–water partition coefficient (Wildman–Crippen LogP) is 15.4. The highest BCUT2D eigenvalue weighted by Crippen LogP contribution is 2.60. The highest BCUT2D eigenvalue weighted by atomic mass is 32.2. The lowest BCUT2D eigenvalue weighted by molar-refractivity contribution is -0.155. The van der Waals surface area contributed by atoms with Crippen LogP contribution in [-0.4, -0.2) is 157 Å². The number of ether oxygens (including phenoxy) is 6. The van der Waals surface area contributed by atoms with Crippen LogP contribution < -0.4 is 28.4 Å². The molecular weight excluding hydrogens is 1650 g/mol. The van der Waals surface area contributed by atoms with E-state index in [1.807, 2.05) is 74.5 Å². The van der Waals surface area contributed by atoms with Gasteiger partial charge in [0.1, 0.15) is 47.5 Å². The van der Waals surface area contributed by atoms with Crippen LogP contribution in [0.5, 0.6) is 23.3 Å². The minimum Gasteiger partial charge on any atom is -0.497 e. The number of ketones is 2. The van der Waals surface area contributed by atoms with Crippen molar-refractivity contribution < 1.29 is 92.4 Å². The Morgan fingerprint density at radius 2 is 0.857 bits per heavy atom. The number of benzene rings is 4. The summed E-state index contributed by atoms with van der Waals surface area (Å²) in [5, 5.41) is 2.81. The quantitative estimate of drug-likeness (QED) is 0.0530. The molecule has 2 unspecified atom stereocenters. The van der Waals surface area contributed by atoms with Crippen molar-refractivity contribution >= 4 is 88.7 Å². The number of hydrogen-bond acceptors (Lipinski definition) is 20. The van der Waals surface area contributed by atoms with Gasteiger partial charge < -0.3 is 38.2 Å². The van der Waals surface area contributed by atoms with E-state index < -0.39 is 112 Å². The van der Waals surface area contributed by atoms with Crippen LogP contribution in [-0.2, 0) is 67.9 Å². The number of halogens is 2. The van der Waals surface area contributed by atoms with E-state index in [4.69, 9.17) is 38.4 Å². The Morgan fingerprint density at radius 1 is 0.484 bits per heavy atom. The first kappa shape index (κ1) is 88.3. The van der Waals surface area contributed by atoms with Crippen LogP contribution in [0.2, 0.25) is 0 Å². The Kier molecular flexibility index (Phi) is 24.3. The number of Topliss-reactive ketones (excluding diaryl/α,β-unsaturated/α-hetero) is 2. The van der Waals surface area contributed by atoms with Crippen LogP contribution in [0.15, 0.2) is 121 Å². The van der Waals surface area contributed by atoms with E-state index in [1.165, 1.54) is 46.9 Å². The number of allylic oxidation sites excluding steroid dienone is 4. The van der Waals surface area contributed by atoms with Crippen molar-refractivity contribution in [3.05, 3.63) is 133 Å². The summed E-state index contributed by atoms with van der Waals surface area (Å²) >= 11 is 0. The molecule has 10 fully saturated rings. The fourth-order valence-corrected chi connectivity index (χ4v) is 23.9. The monoisotopic (exact) mass is 1770 g/mol. The van der Waals surface area contributed by atoms with Gasteiger partial charge in [-0.2, -0.15) is 0 Å². The molecule has 2 N–H and O–H groups in total. The molecule has 2 saturated heterocycles. The molecule has 8 saturated carbocycles. The number of sulfonamides is 2. The molecule has 126 heavy (non-hydrogen) atoms. The van der Waals surface area contributed by atoms with Crippen LogP contribution in [0.4, 0.5) is 8.78 Å². The Balaban J connectivity index is 0.000000178. The molecule has 20 atom stereocenters. The minimum atomic E-state index is -3.99. The zero-order valence-corrected chi connectivity index (χ0v) is 74.7. The number of carbonyl (C=O) groups is 8. The molecule has 2 aromatic heterocycles. The minimum absolute atomic E-state index is 0.00438. The summed E-state index contributed by atoms with van der Waals surface area (Å²) in [6.07, 6.45) is 18.1. The van der Waals surface area contributed by atoms with Crippen molar-refractivity contribution in [1.29, 1.82) is 0 Å². The lowest BCUT2D eigenvalue weighted by atomic mass is 9.82. The summed E-state index contributed by atoms with van der Waals surface area (Å²) in [4.78, 5) is 129. The second kappa shape index (κ2) is 34.7. The van der Waals surface area contributed by atoms with Gasteiger partial charge in [0.25, 0.3) is 0 Å². The number of amides is 4. The number of aromatic nitrogens is 2. The number of nitrogens with one attached hydrogen (secondary N) is 2. The third-order valence-electron chi connectivity index (χ3n) is 30.2. The maximum absolute atomic E-state index is 15.2. The summed E-state index contributed by atoms with van der Waals surface area (Å²) in [5.41, 5.74) is -0.270. The van der Waals surface area contributed by atoms with E-state index >= 15 is 9.59 Å². The second-order valence-electron chi connectivity index (χ2n) is 39.7. The van der Waals surface area contributed by atoms with Gasteiger partial charge in [-0.15, -0.1) is 0 Å². The summed E-state index contributed by atoms with van der Waals surface area (Å²) < 4.78 is 121. The van der Waals surface area contributed by atoms with Gasteiger partial charge in [-0.25, -0.2) is 35.6 Å². The molecule has 0 radical (unpaired) electrons. The van der Waals surface area contributed by atoms with E-state index in [9.17, 15) is 54.4 Å². The van der Waals surface area contributed by atoms with Crippen LogP contribution in [0.1, 0.15) is 196 Å². The molecule has 4 aromatic carbocycles. The summed E-state index contributed by atoms with van der Waals surface area (Å²) in [6.45, 7) is 11.5. The molecule has 6 heterocycles. The molecule has 0 bridgehead atoms. The summed E-state index contributed by atoms with van der Waals surface area (Å²) in [5.74, 6) is -2.62. The average Bonchev–Trinajstić information content (AvgIpc) is 1.57. The van der Waals surface area contributed by atoms with Crippen molar-refractivity contribution in [2.75, 3.05) is 27.3 Å². The van der Waals surface area contributed by atoms with E-state index in [0.717, 1.165) is 49.3 Å². The number of esters is 2. The van der Waals surface area contributed by atoms with Crippen molar-refractivity contribution in [3.8, 4) is 45.8 Å². The second-order valence-corrected chi connectivity index (χ2v) is 44.1. The first-order valence-corrected chi connectivity index (χ1v) is 48.4. The van der Waals surface area contributed by atoms with Gasteiger partial charge in [-0.3, -0.25) is 47.8 Å². The normalized spacial score (nSPS) is 32.9. The molecular formula is C98H116F2N6O18S2. The SMILES string of the molecule is COc1ccc2c(O[C@@H]3C[C@H]4C(=O)C[C@]5(C(=O)NS(=O)(=O)C6(C)CC6)C[C@H]5/C=C\CC[C@@H](C)C[C@@H](C)[C@H](CC(=O)OC5C[C@@H]6C[C@@H]6C5)C(=O)N4C3)nc(-c3ccc(F)cc3)cc2c1.COc1ccc2c(O[C@@H]3C[C@H]4C(=O)C[C@]5(C(=O)NS(=O)(=O)C6(C)CC6)C[C@H]5/C=C\CC[C@H](C)C[C@@H](C)[C@H](CC(=O)OC5C[C@@H]6C[C@@H]6C5)C(=O)N4C3)nc(-c3ccc(F)cc3)cc2c1. The number of rotatable bonds is 20. The zero-order valence-electron chi connectivity index (χ0n) is 73.0. The highest BCUT2D eigenvalue weighted by Gasteiger charge is 2.65. The summed E-state index contributed by atoms with van der Waals surface area (Å²) in [7, 11) is -4.83. The number of hydrogen-bond donors (Lipinski definition) is 2. The van der Waals surface area contributed by atoms with Crippen LogP contribution in [0, 0.1) is 93.5 Å². The van der Waals surface area contributed by atoms with Gasteiger partial charge in [0, 0.05) is 47.6 Å². The highest BCUT2D eigenvalue weighted by molar-refractivity contribution is 7.92. The van der Waals surface area contributed by atoms with E-state index in [2.05, 4.69) is 23.3 Å². The fourth-order valence-electron chi connectivity index (χ4n) is 21.2. The number of methoxy groups -OCH3 is 2. The molecule has 18 rings (SSSR count). The molecule has 12 aliphatic rings. The van der Waals surface area contributed by atoms with Gasteiger partial charge in [-0.05, 0) is 296 Å². The third kappa shape index (κ3) is 18.7. The molecule has 0 spiro atoms. The van der Waals surface area contributed by atoms with Gasteiger partial charge in [0.05, 0.1) is 95.8 Å². The standard InChI is InChI=1S/2C49H58FN3O9S/c2*1-28-7-5-6-8-34-25-49(34,47(57)52-63(58,59)48(3)15-16-48)26-43(54)42-23-38(27-53(42)46(56)40(29(2)17-28)24-44(55)61-37-19-31-18-32(31)20-37)62-45-39-14-13-36(60-4)21-33(39)22-41(51-45)30-9-11-35(50)12-10-30/h2*6,8-14,21-22,28-29,31-32,34,37-38,40,42H,5,7,15-20,23-27H2,1-4H3,(H,52,57)/b2*8-6-/t28-,29+,31-,32+,34+,37?,38+,40-,42-,49+;28-,29-,31-,32+,34-,37?,38-,40+,42+,49-/m01/s1. The largest absolute Gasteiger partial charge is 0.497 e. The molecule has 4 aliphatic heterocycles. The lowest BCUT2D eigenvalue weighted by Gasteiger charge is -2.32. The molecule has 672 valence electrons. The first-order chi connectivity index (χ1) is 60.1. The molecule has 24 nitrogen and oxygen atoms in total. The Morgan fingerprint density at radius 3 is 1.21 bits per heavy atom. The van der Waals surface area contributed by atoms with Crippen molar-refractivity contribution in [2.24, 2.45) is 81.8 Å². The van der Waals surface area contributed by atoms with Crippen LogP contribution in [0.3, 0.4) is 0 Å². The molecule has 8 aliphatic carbocycles. The maximum atomic E-state index is 15.2.